The van der Waals surface area contributed by atoms with Crippen LogP contribution in [0.25, 0.3) is 0 Å². The molecule has 118 valence electrons. The van der Waals surface area contributed by atoms with E-state index in [4.69, 9.17) is 4.74 Å². The van der Waals surface area contributed by atoms with Crippen molar-refractivity contribution in [3.05, 3.63) is 0 Å². The molecule has 4 aliphatic rings. The number of aliphatic imine (C=N–C) groups is 1. The van der Waals surface area contributed by atoms with Gasteiger partial charge in [0.05, 0.1) is 18.2 Å². The van der Waals surface area contributed by atoms with Crippen LogP contribution >= 0.6 is 0 Å². The first kappa shape index (κ1) is 13.9. The van der Waals surface area contributed by atoms with Gasteiger partial charge in [0.15, 0.2) is 5.96 Å². The zero-order valence-electron chi connectivity index (χ0n) is 13.2. The summed E-state index contributed by atoms with van der Waals surface area (Å²) in [5.74, 6) is 2.87. The van der Waals surface area contributed by atoms with E-state index in [0.717, 1.165) is 24.2 Å². The standard InChI is InChI=1S/C17H29N3O/c1-18-17(20-15-9-12-7-8-16(15)21-12)19-14-10-13(14)11-5-3-2-4-6-11/h11-16H,2-10H2,1H3,(H2,18,19,20). The van der Waals surface area contributed by atoms with E-state index < -0.39 is 0 Å². The summed E-state index contributed by atoms with van der Waals surface area (Å²) in [7, 11) is 1.89. The highest BCUT2D eigenvalue weighted by molar-refractivity contribution is 5.80. The molecule has 0 radical (unpaired) electrons. The molecule has 21 heavy (non-hydrogen) atoms. The fourth-order valence-corrected chi connectivity index (χ4v) is 4.78. The van der Waals surface area contributed by atoms with Crippen molar-refractivity contribution in [3.8, 4) is 0 Å². The summed E-state index contributed by atoms with van der Waals surface area (Å²) in [6.45, 7) is 0. The van der Waals surface area contributed by atoms with Crippen molar-refractivity contribution in [2.75, 3.05) is 7.05 Å². The van der Waals surface area contributed by atoms with Crippen molar-refractivity contribution >= 4 is 5.96 Å². The van der Waals surface area contributed by atoms with Crippen molar-refractivity contribution in [1.29, 1.82) is 0 Å². The summed E-state index contributed by atoms with van der Waals surface area (Å²) in [5, 5.41) is 7.26. The van der Waals surface area contributed by atoms with E-state index in [1.54, 1.807) is 0 Å². The molecule has 0 aromatic rings. The van der Waals surface area contributed by atoms with Crippen molar-refractivity contribution in [2.45, 2.75) is 82.1 Å². The maximum Gasteiger partial charge on any atom is 0.191 e. The fraction of sp³-hybridized carbons (Fsp3) is 0.941. The van der Waals surface area contributed by atoms with Crippen LogP contribution in [0.4, 0.5) is 0 Å². The molecule has 2 aliphatic carbocycles. The first-order valence-electron chi connectivity index (χ1n) is 8.99. The van der Waals surface area contributed by atoms with Gasteiger partial charge in [-0.3, -0.25) is 4.99 Å². The molecule has 0 amide bonds. The predicted octanol–water partition coefficient (Wildman–Crippen LogP) is 2.44. The maximum absolute atomic E-state index is 5.92. The van der Waals surface area contributed by atoms with Crippen LogP contribution in [0.1, 0.15) is 57.8 Å². The van der Waals surface area contributed by atoms with Gasteiger partial charge in [-0.1, -0.05) is 32.1 Å². The Bertz CT molecular complexity index is 405. The van der Waals surface area contributed by atoms with Gasteiger partial charge in [-0.05, 0) is 37.5 Å². The van der Waals surface area contributed by atoms with E-state index in [2.05, 4.69) is 15.6 Å². The van der Waals surface area contributed by atoms with E-state index >= 15 is 0 Å². The molecule has 4 nitrogen and oxygen atoms in total. The van der Waals surface area contributed by atoms with Gasteiger partial charge < -0.3 is 15.4 Å². The van der Waals surface area contributed by atoms with Crippen LogP contribution in [0.5, 0.6) is 0 Å². The third kappa shape index (κ3) is 2.92. The molecule has 2 bridgehead atoms. The summed E-state index contributed by atoms with van der Waals surface area (Å²) in [6, 6.07) is 1.14. The van der Waals surface area contributed by atoms with Gasteiger partial charge in [0.25, 0.3) is 0 Å². The molecule has 2 heterocycles. The first-order chi connectivity index (χ1) is 10.3. The second kappa shape index (κ2) is 5.79. The molecule has 2 aliphatic heterocycles. The van der Waals surface area contributed by atoms with Crippen LogP contribution in [0.15, 0.2) is 4.99 Å². The number of hydrogen-bond acceptors (Lipinski definition) is 2. The fourth-order valence-electron chi connectivity index (χ4n) is 4.78. The molecule has 2 saturated carbocycles. The summed E-state index contributed by atoms with van der Waals surface area (Å²) >= 11 is 0. The smallest absolute Gasteiger partial charge is 0.191 e. The summed E-state index contributed by atoms with van der Waals surface area (Å²) in [4.78, 5) is 4.43. The topological polar surface area (TPSA) is 45.7 Å². The second-order valence-electron chi connectivity index (χ2n) is 7.48. The lowest BCUT2D eigenvalue weighted by atomic mass is 9.85. The Morgan fingerprint density at radius 2 is 1.76 bits per heavy atom. The number of nitrogens with zero attached hydrogens (tertiary/aromatic N) is 1. The number of rotatable bonds is 3. The monoisotopic (exact) mass is 291 g/mol. The largest absolute Gasteiger partial charge is 0.373 e. The van der Waals surface area contributed by atoms with E-state index in [0.29, 0.717) is 24.3 Å². The molecular weight excluding hydrogens is 262 g/mol. The van der Waals surface area contributed by atoms with Crippen LogP contribution in [0.3, 0.4) is 0 Å². The highest BCUT2D eigenvalue weighted by Gasteiger charge is 2.45. The molecule has 5 unspecified atom stereocenters. The highest BCUT2D eigenvalue weighted by atomic mass is 16.5. The molecular formula is C17H29N3O. The van der Waals surface area contributed by atoms with Gasteiger partial charge in [0.1, 0.15) is 0 Å². The number of fused-ring (bicyclic) bond motifs is 2. The number of hydrogen-bond donors (Lipinski definition) is 2. The van der Waals surface area contributed by atoms with Crippen LogP contribution in [-0.4, -0.2) is 37.3 Å². The van der Waals surface area contributed by atoms with Gasteiger partial charge in [-0.2, -0.15) is 0 Å². The average Bonchev–Trinajstić information content (AvgIpc) is 2.97. The quantitative estimate of drug-likeness (QED) is 0.620. The van der Waals surface area contributed by atoms with Crippen molar-refractivity contribution in [2.24, 2.45) is 16.8 Å². The lowest BCUT2D eigenvalue weighted by Gasteiger charge is -2.24. The summed E-state index contributed by atoms with van der Waals surface area (Å²) < 4.78 is 5.92. The lowest BCUT2D eigenvalue weighted by molar-refractivity contribution is 0.0992. The van der Waals surface area contributed by atoms with E-state index in [9.17, 15) is 0 Å². The molecule has 2 saturated heterocycles. The Kier molecular flexibility index (Phi) is 3.82. The third-order valence-corrected chi connectivity index (χ3v) is 6.07. The molecule has 0 aromatic heterocycles. The van der Waals surface area contributed by atoms with Gasteiger partial charge in [-0.15, -0.1) is 0 Å². The molecule has 0 aromatic carbocycles. The molecule has 0 spiro atoms. The Labute approximate surface area is 128 Å². The summed E-state index contributed by atoms with van der Waals surface area (Å²) in [6.07, 6.45) is 13.1. The second-order valence-corrected chi connectivity index (χ2v) is 7.48. The van der Waals surface area contributed by atoms with Crippen LogP contribution in [-0.2, 0) is 4.74 Å². The first-order valence-corrected chi connectivity index (χ1v) is 8.99. The normalized spacial score (nSPS) is 43.1. The Morgan fingerprint density at radius 3 is 2.43 bits per heavy atom. The molecule has 2 N–H and O–H groups in total. The van der Waals surface area contributed by atoms with Crippen molar-refractivity contribution in [1.82, 2.24) is 10.6 Å². The van der Waals surface area contributed by atoms with E-state index in [1.807, 2.05) is 7.05 Å². The van der Waals surface area contributed by atoms with E-state index in [-0.39, 0.29) is 0 Å². The maximum atomic E-state index is 5.92. The molecule has 4 heteroatoms. The minimum Gasteiger partial charge on any atom is -0.373 e. The Balaban J connectivity index is 1.26. The van der Waals surface area contributed by atoms with E-state index in [1.165, 1.54) is 51.4 Å². The molecule has 4 rings (SSSR count). The zero-order chi connectivity index (χ0) is 14.2. The molecule has 5 atom stereocenters. The Hall–Kier alpha value is -0.770. The zero-order valence-corrected chi connectivity index (χ0v) is 13.2. The van der Waals surface area contributed by atoms with Crippen LogP contribution < -0.4 is 10.6 Å². The number of nitrogens with one attached hydrogen (secondary N) is 2. The number of guanidine groups is 1. The van der Waals surface area contributed by atoms with Crippen molar-refractivity contribution in [3.63, 3.8) is 0 Å². The summed E-state index contributed by atoms with van der Waals surface area (Å²) in [5.41, 5.74) is 0. The predicted molar refractivity (Wildman–Crippen MR) is 84.4 cm³/mol. The van der Waals surface area contributed by atoms with Gasteiger partial charge in [-0.25, -0.2) is 0 Å². The lowest BCUT2D eigenvalue weighted by Crippen LogP contribution is -2.48. The minimum atomic E-state index is 0.418. The SMILES string of the molecule is CN=C(NC1CC2CCC1O2)NC1CC1C1CCCCC1. The number of ether oxygens (including phenoxy) is 1. The Morgan fingerprint density at radius 1 is 0.952 bits per heavy atom. The highest BCUT2D eigenvalue weighted by Crippen LogP contribution is 2.44. The van der Waals surface area contributed by atoms with Gasteiger partial charge in [0.2, 0.25) is 0 Å². The minimum absolute atomic E-state index is 0.418. The van der Waals surface area contributed by atoms with Crippen molar-refractivity contribution < 1.29 is 4.74 Å². The van der Waals surface area contributed by atoms with Gasteiger partial charge in [0, 0.05) is 13.1 Å². The van der Waals surface area contributed by atoms with Crippen LogP contribution in [0.2, 0.25) is 0 Å². The average molecular weight is 291 g/mol. The van der Waals surface area contributed by atoms with Gasteiger partial charge >= 0.3 is 0 Å². The van der Waals surface area contributed by atoms with Crippen LogP contribution in [0, 0.1) is 11.8 Å². The molecule has 4 fully saturated rings. The third-order valence-electron chi connectivity index (χ3n) is 6.07.